The van der Waals surface area contributed by atoms with Crippen LogP contribution in [-0.2, 0) is 19.1 Å². The molecule has 0 radical (unpaired) electrons. The van der Waals surface area contributed by atoms with E-state index >= 15 is 0 Å². The number of carbonyl (C=O) groups is 3. The molecule has 3 atom stereocenters. The molecule has 2 amide bonds. The van der Waals surface area contributed by atoms with E-state index in [4.69, 9.17) is 4.74 Å². The first-order valence-corrected chi connectivity index (χ1v) is 8.26. The van der Waals surface area contributed by atoms with Gasteiger partial charge >= 0.3 is 5.97 Å². The van der Waals surface area contributed by atoms with Crippen LogP contribution in [0.4, 0.5) is 0 Å². The highest BCUT2D eigenvalue weighted by atomic mass is 16.6. The van der Waals surface area contributed by atoms with Crippen LogP contribution in [0.25, 0.3) is 0 Å². The van der Waals surface area contributed by atoms with Gasteiger partial charge in [-0.2, -0.15) is 0 Å². The van der Waals surface area contributed by atoms with Gasteiger partial charge in [-0.3, -0.25) is 9.59 Å². The second-order valence-corrected chi connectivity index (χ2v) is 6.54. The van der Waals surface area contributed by atoms with Crippen molar-refractivity contribution < 1.29 is 19.1 Å². The summed E-state index contributed by atoms with van der Waals surface area (Å²) in [6.07, 6.45) is 6.63. The molecule has 22 heavy (non-hydrogen) atoms. The predicted molar refractivity (Wildman–Crippen MR) is 80.9 cm³/mol. The Hall–Kier alpha value is -1.59. The summed E-state index contributed by atoms with van der Waals surface area (Å²) in [6.45, 7) is 3.43. The molecule has 0 unspecified atom stereocenters. The highest BCUT2D eigenvalue weighted by Gasteiger charge is 2.34. The van der Waals surface area contributed by atoms with Crippen molar-refractivity contribution in [2.75, 3.05) is 0 Å². The van der Waals surface area contributed by atoms with Gasteiger partial charge in [0.25, 0.3) is 0 Å². The van der Waals surface area contributed by atoms with Crippen LogP contribution in [0.15, 0.2) is 0 Å². The van der Waals surface area contributed by atoms with Gasteiger partial charge in [-0.15, -0.1) is 0 Å². The molecule has 1 saturated carbocycles. The Morgan fingerprint density at radius 3 is 2.55 bits per heavy atom. The molecule has 0 aromatic heterocycles. The third-order valence-corrected chi connectivity index (χ3v) is 4.46. The van der Waals surface area contributed by atoms with Gasteiger partial charge in [0.15, 0.2) is 0 Å². The summed E-state index contributed by atoms with van der Waals surface area (Å²) in [4.78, 5) is 35.5. The van der Waals surface area contributed by atoms with Gasteiger partial charge in [-0.05, 0) is 32.6 Å². The second-order valence-electron chi connectivity index (χ2n) is 6.54. The predicted octanol–water partition coefficient (Wildman–Crippen LogP) is 1.28. The molecule has 2 N–H and O–H groups in total. The van der Waals surface area contributed by atoms with E-state index in [0.29, 0.717) is 18.8 Å². The van der Waals surface area contributed by atoms with E-state index in [1.807, 2.05) is 0 Å². The molecule has 6 nitrogen and oxygen atoms in total. The molecule has 2 aliphatic rings. The summed E-state index contributed by atoms with van der Waals surface area (Å²) in [5.41, 5.74) is 0. The third kappa shape index (κ3) is 4.71. The van der Waals surface area contributed by atoms with Crippen molar-refractivity contribution in [3.05, 3.63) is 0 Å². The lowest BCUT2D eigenvalue weighted by molar-refractivity contribution is -0.143. The van der Waals surface area contributed by atoms with Crippen molar-refractivity contribution in [3.8, 4) is 0 Å². The van der Waals surface area contributed by atoms with Crippen LogP contribution in [0.2, 0.25) is 0 Å². The molecule has 0 aromatic carbocycles. The minimum atomic E-state index is -0.639. The zero-order valence-corrected chi connectivity index (χ0v) is 13.4. The van der Waals surface area contributed by atoms with E-state index in [0.717, 1.165) is 12.8 Å². The molecular weight excluding hydrogens is 284 g/mol. The summed E-state index contributed by atoms with van der Waals surface area (Å²) < 4.78 is 5.00. The van der Waals surface area contributed by atoms with Crippen molar-refractivity contribution in [3.63, 3.8) is 0 Å². The fraction of sp³-hybridized carbons (Fsp3) is 0.812. The normalized spacial score (nSPS) is 27.1. The summed E-state index contributed by atoms with van der Waals surface area (Å²) in [5, 5.41) is 5.36. The number of esters is 1. The van der Waals surface area contributed by atoms with Crippen molar-refractivity contribution in [2.24, 2.45) is 5.92 Å². The zero-order chi connectivity index (χ0) is 16.1. The van der Waals surface area contributed by atoms with Crippen molar-refractivity contribution >= 4 is 17.8 Å². The monoisotopic (exact) mass is 310 g/mol. The van der Waals surface area contributed by atoms with Gasteiger partial charge in [0.05, 0.1) is 0 Å². The summed E-state index contributed by atoms with van der Waals surface area (Å²) in [5.74, 6) is -0.388. The van der Waals surface area contributed by atoms with E-state index in [1.54, 1.807) is 13.8 Å². The molecule has 1 aliphatic heterocycles. The largest absolute Gasteiger partial charge is 0.461 e. The minimum absolute atomic E-state index is 0.0862. The van der Waals surface area contributed by atoms with Gasteiger partial charge in [0.1, 0.15) is 18.2 Å². The van der Waals surface area contributed by atoms with Crippen LogP contribution in [-0.4, -0.2) is 36.0 Å². The number of cyclic esters (lactones) is 1. The van der Waals surface area contributed by atoms with E-state index in [9.17, 15) is 14.4 Å². The van der Waals surface area contributed by atoms with E-state index < -0.39 is 18.1 Å². The Balaban J connectivity index is 1.73. The topological polar surface area (TPSA) is 84.5 Å². The van der Waals surface area contributed by atoms with Gasteiger partial charge in [-0.25, -0.2) is 4.79 Å². The highest BCUT2D eigenvalue weighted by molar-refractivity contribution is 5.91. The quantitative estimate of drug-likeness (QED) is 0.749. The lowest BCUT2D eigenvalue weighted by atomic mass is 9.87. The Morgan fingerprint density at radius 2 is 1.95 bits per heavy atom. The summed E-state index contributed by atoms with van der Waals surface area (Å²) in [7, 11) is 0. The molecule has 1 heterocycles. The first kappa shape index (κ1) is 16.8. The van der Waals surface area contributed by atoms with Crippen LogP contribution in [0.5, 0.6) is 0 Å². The second kappa shape index (κ2) is 7.61. The van der Waals surface area contributed by atoms with Gasteiger partial charge in [0, 0.05) is 12.8 Å². The highest BCUT2D eigenvalue weighted by Crippen LogP contribution is 2.26. The number of hydrogen-bond acceptors (Lipinski definition) is 4. The molecular formula is C16H26N2O4. The Bertz CT molecular complexity index is 432. The number of amides is 2. The summed E-state index contributed by atoms with van der Waals surface area (Å²) in [6, 6.07) is -1.24. The maximum Gasteiger partial charge on any atom is 0.329 e. The molecule has 1 saturated heterocycles. The average molecular weight is 310 g/mol. The van der Waals surface area contributed by atoms with Crippen molar-refractivity contribution in [1.82, 2.24) is 10.6 Å². The van der Waals surface area contributed by atoms with E-state index in [2.05, 4.69) is 10.6 Å². The standard InChI is InChI=1S/C16H26N2O4/c1-10-8-13(16(21)22-10)18-15(20)11(2)17-14(19)9-12-6-4-3-5-7-12/h10-13H,3-9H2,1-2H3,(H,17,19)(H,18,20)/t10-,11+,13+/m1/s1. The lowest BCUT2D eigenvalue weighted by Crippen LogP contribution is -2.49. The molecule has 0 spiro atoms. The summed E-state index contributed by atoms with van der Waals surface area (Å²) >= 11 is 0. The molecule has 0 bridgehead atoms. The number of hydrogen-bond donors (Lipinski definition) is 2. The number of rotatable bonds is 5. The third-order valence-electron chi connectivity index (χ3n) is 4.46. The van der Waals surface area contributed by atoms with Crippen LogP contribution in [0.1, 0.15) is 58.8 Å². The van der Waals surface area contributed by atoms with Gasteiger partial charge in [-0.1, -0.05) is 19.3 Å². The van der Waals surface area contributed by atoms with Gasteiger partial charge in [0.2, 0.25) is 11.8 Å². The number of ether oxygens (including phenoxy) is 1. The fourth-order valence-corrected chi connectivity index (χ4v) is 3.19. The lowest BCUT2D eigenvalue weighted by Gasteiger charge is -2.22. The molecule has 2 fully saturated rings. The molecule has 6 heteroatoms. The maximum atomic E-state index is 12.0. The van der Waals surface area contributed by atoms with E-state index in [1.165, 1.54) is 19.3 Å². The first-order valence-electron chi connectivity index (χ1n) is 8.26. The van der Waals surface area contributed by atoms with Crippen LogP contribution < -0.4 is 10.6 Å². The maximum absolute atomic E-state index is 12.0. The number of nitrogens with one attached hydrogen (secondary N) is 2. The minimum Gasteiger partial charge on any atom is -0.461 e. The number of carbonyl (C=O) groups excluding carboxylic acids is 3. The smallest absolute Gasteiger partial charge is 0.329 e. The fourth-order valence-electron chi connectivity index (χ4n) is 3.19. The van der Waals surface area contributed by atoms with Crippen LogP contribution in [0.3, 0.4) is 0 Å². The SMILES string of the molecule is C[C@@H]1C[C@H](NC(=O)[C@H](C)NC(=O)CC2CCCCC2)C(=O)O1. The Labute approximate surface area is 131 Å². The molecule has 0 aromatic rings. The molecule has 2 rings (SSSR count). The average Bonchev–Trinajstić information content (AvgIpc) is 2.77. The molecule has 124 valence electrons. The van der Waals surface area contributed by atoms with Crippen LogP contribution in [0, 0.1) is 5.92 Å². The van der Waals surface area contributed by atoms with Crippen molar-refractivity contribution in [2.45, 2.75) is 77.0 Å². The van der Waals surface area contributed by atoms with E-state index in [-0.39, 0.29) is 17.9 Å². The van der Waals surface area contributed by atoms with Crippen LogP contribution >= 0.6 is 0 Å². The van der Waals surface area contributed by atoms with Gasteiger partial charge < -0.3 is 15.4 Å². The Morgan fingerprint density at radius 1 is 1.27 bits per heavy atom. The zero-order valence-electron chi connectivity index (χ0n) is 13.4. The molecule has 1 aliphatic carbocycles. The van der Waals surface area contributed by atoms with Crippen molar-refractivity contribution in [1.29, 1.82) is 0 Å². The first-order chi connectivity index (χ1) is 10.5. The Kier molecular flexibility index (Phi) is 5.80.